The van der Waals surface area contributed by atoms with Crippen molar-refractivity contribution in [2.45, 2.75) is 25.5 Å². The van der Waals surface area contributed by atoms with Crippen molar-refractivity contribution < 1.29 is 9.53 Å². The fourth-order valence-corrected chi connectivity index (χ4v) is 4.00. The number of carbonyl (C=O) groups excluding carboxylic acids is 1. The van der Waals surface area contributed by atoms with Crippen molar-refractivity contribution in [3.8, 4) is 11.3 Å². The molecule has 5 nitrogen and oxygen atoms in total. The lowest BCUT2D eigenvalue weighted by molar-refractivity contribution is 0.0174. The lowest BCUT2D eigenvalue weighted by Gasteiger charge is -2.36. The number of nitrogens with zero attached hydrogens (tertiary/aromatic N) is 2. The third-order valence-corrected chi connectivity index (χ3v) is 5.10. The van der Waals surface area contributed by atoms with E-state index in [-0.39, 0.29) is 6.04 Å². The molecule has 0 aliphatic rings. The molecule has 1 unspecified atom stereocenters. The molecular weight excluding hydrogens is 362 g/mol. The quantitative estimate of drug-likeness (QED) is 0.515. The molecule has 0 fully saturated rings. The van der Waals surface area contributed by atoms with Gasteiger partial charge in [-0.15, -0.1) is 0 Å². The molecule has 2 N–H and O–H groups in total. The Kier molecular flexibility index (Phi) is 4.80. The van der Waals surface area contributed by atoms with Gasteiger partial charge in [0, 0.05) is 23.5 Å². The lowest BCUT2D eigenvalue weighted by Crippen LogP contribution is -2.40. The minimum atomic E-state index is -0.897. The van der Waals surface area contributed by atoms with Gasteiger partial charge >= 0.3 is 6.09 Å². The molecule has 2 aromatic heterocycles. The van der Waals surface area contributed by atoms with Crippen LogP contribution in [0, 0.1) is 0 Å². The highest BCUT2D eigenvalue weighted by atomic mass is 16.6. The van der Waals surface area contributed by atoms with Crippen molar-refractivity contribution in [2.75, 3.05) is 0 Å². The van der Waals surface area contributed by atoms with Crippen LogP contribution in [-0.2, 0) is 4.74 Å². The summed E-state index contributed by atoms with van der Waals surface area (Å²) in [6.07, 6.45) is 2.83. The molecule has 0 spiro atoms. The monoisotopic (exact) mass is 385 g/mol. The molecule has 0 radical (unpaired) electrons. The van der Waals surface area contributed by atoms with Crippen molar-refractivity contribution in [1.29, 1.82) is 0 Å². The first-order valence-corrected chi connectivity index (χ1v) is 9.51. The van der Waals surface area contributed by atoms with Gasteiger partial charge < -0.3 is 15.0 Å². The Morgan fingerprint density at radius 2 is 1.69 bits per heavy atom. The van der Waals surface area contributed by atoms with Crippen molar-refractivity contribution in [3.05, 3.63) is 90.8 Å². The van der Waals surface area contributed by atoms with Gasteiger partial charge in [0.1, 0.15) is 5.60 Å². The van der Waals surface area contributed by atoms with Crippen LogP contribution in [0.4, 0.5) is 4.79 Å². The zero-order valence-corrected chi connectivity index (χ0v) is 16.4. The zero-order valence-electron chi connectivity index (χ0n) is 16.4. The van der Waals surface area contributed by atoms with Gasteiger partial charge in [-0.05, 0) is 37.1 Å². The normalized spacial score (nSPS) is 12.6. The van der Waals surface area contributed by atoms with Gasteiger partial charge in [0.25, 0.3) is 0 Å². The van der Waals surface area contributed by atoms with E-state index in [1.165, 1.54) is 0 Å². The van der Waals surface area contributed by atoms with Crippen molar-refractivity contribution >= 4 is 17.0 Å². The number of nitrogens with two attached hydrogens (primary N) is 1. The average molecular weight is 385 g/mol. The number of ether oxygens (including phenoxy) is 1. The number of amides is 1. The second-order valence-electron chi connectivity index (χ2n) is 7.54. The fraction of sp³-hybridized carbons (Fsp3) is 0.167. The number of rotatable bonds is 5. The molecule has 0 saturated carbocycles. The standard InChI is InChI=1S/C24H23N3O2/c1-24(2,29-23(25)28)22(18-11-7-4-8-12-18)27-20-13-14-26-16-19(20)15-21(27)17-9-5-3-6-10-17/h3-16,22H,1-2H3,(H2,25,28). The molecule has 0 aliphatic carbocycles. The summed E-state index contributed by atoms with van der Waals surface area (Å²) in [5.41, 5.74) is 8.65. The van der Waals surface area contributed by atoms with E-state index in [1.54, 1.807) is 6.20 Å². The molecule has 5 heteroatoms. The van der Waals surface area contributed by atoms with Crippen molar-refractivity contribution in [2.24, 2.45) is 5.73 Å². The maximum absolute atomic E-state index is 11.7. The molecule has 0 saturated heterocycles. The van der Waals surface area contributed by atoms with E-state index >= 15 is 0 Å². The Morgan fingerprint density at radius 3 is 2.34 bits per heavy atom. The molecule has 29 heavy (non-hydrogen) atoms. The second-order valence-corrected chi connectivity index (χ2v) is 7.54. The first-order valence-electron chi connectivity index (χ1n) is 9.51. The summed E-state index contributed by atoms with van der Waals surface area (Å²) in [6, 6.07) is 24.0. The maximum Gasteiger partial charge on any atom is 0.405 e. The predicted octanol–water partition coefficient (Wildman–Crippen LogP) is 5.17. The van der Waals surface area contributed by atoms with Gasteiger partial charge in [-0.1, -0.05) is 60.7 Å². The fourth-order valence-electron chi connectivity index (χ4n) is 4.00. The summed E-state index contributed by atoms with van der Waals surface area (Å²) in [5.74, 6) is 0. The van der Waals surface area contributed by atoms with E-state index in [2.05, 4.69) is 27.8 Å². The summed E-state index contributed by atoms with van der Waals surface area (Å²) in [7, 11) is 0. The van der Waals surface area contributed by atoms with Crippen LogP contribution in [0.25, 0.3) is 22.2 Å². The zero-order chi connectivity index (χ0) is 20.4. The van der Waals surface area contributed by atoms with Gasteiger partial charge in [-0.3, -0.25) is 4.98 Å². The predicted molar refractivity (Wildman–Crippen MR) is 114 cm³/mol. The molecule has 2 heterocycles. The average Bonchev–Trinajstić information content (AvgIpc) is 3.08. The molecule has 0 bridgehead atoms. The largest absolute Gasteiger partial charge is 0.441 e. The van der Waals surface area contributed by atoms with E-state index in [4.69, 9.17) is 10.5 Å². The van der Waals surface area contributed by atoms with Gasteiger partial charge in [-0.25, -0.2) is 4.79 Å². The SMILES string of the molecule is CC(C)(OC(N)=O)C(c1ccccc1)n1c(-c2ccccc2)cc2cnccc21. The van der Waals surface area contributed by atoms with Crippen LogP contribution in [0.15, 0.2) is 85.2 Å². The number of primary amides is 1. The van der Waals surface area contributed by atoms with Crippen LogP contribution in [0.1, 0.15) is 25.5 Å². The Balaban J connectivity index is 2.03. The Hall–Kier alpha value is -3.60. The third kappa shape index (κ3) is 3.59. The van der Waals surface area contributed by atoms with Crippen molar-refractivity contribution in [3.63, 3.8) is 0 Å². The third-order valence-electron chi connectivity index (χ3n) is 5.10. The molecule has 1 amide bonds. The van der Waals surface area contributed by atoms with Gasteiger partial charge in [0.05, 0.1) is 11.6 Å². The topological polar surface area (TPSA) is 70.1 Å². The smallest absolute Gasteiger partial charge is 0.405 e. The van der Waals surface area contributed by atoms with Gasteiger partial charge in [-0.2, -0.15) is 0 Å². The van der Waals surface area contributed by atoms with E-state index < -0.39 is 11.7 Å². The summed E-state index contributed by atoms with van der Waals surface area (Å²) >= 11 is 0. The molecule has 2 aromatic carbocycles. The number of benzene rings is 2. The molecular formula is C24H23N3O2. The minimum absolute atomic E-state index is 0.300. The van der Waals surface area contributed by atoms with E-state index in [0.717, 1.165) is 27.7 Å². The van der Waals surface area contributed by atoms with Crippen LogP contribution in [0.5, 0.6) is 0 Å². The number of hydrogen-bond acceptors (Lipinski definition) is 3. The molecule has 4 aromatic rings. The highest BCUT2D eigenvalue weighted by Crippen LogP contribution is 2.40. The van der Waals surface area contributed by atoms with Crippen LogP contribution in [0.3, 0.4) is 0 Å². The first-order chi connectivity index (χ1) is 14.0. The maximum atomic E-state index is 11.7. The van der Waals surface area contributed by atoms with E-state index in [9.17, 15) is 4.79 Å². The molecule has 1 atom stereocenters. The molecule has 0 aliphatic heterocycles. The molecule has 4 rings (SSSR count). The Labute approximate surface area is 169 Å². The first kappa shape index (κ1) is 18.7. The van der Waals surface area contributed by atoms with Crippen LogP contribution in [0.2, 0.25) is 0 Å². The van der Waals surface area contributed by atoms with Gasteiger partial charge in [0.15, 0.2) is 0 Å². The number of pyridine rings is 1. The highest BCUT2D eigenvalue weighted by Gasteiger charge is 2.37. The number of aromatic nitrogens is 2. The molecule has 146 valence electrons. The van der Waals surface area contributed by atoms with Crippen LogP contribution in [-0.4, -0.2) is 21.2 Å². The summed E-state index contributed by atoms with van der Waals surface area (Å²) in [5, 5.41) is 1.02. The minimum Gasteiger partial charge on any atom is -0.441 e. The van der Waals surface area contributed by atoms with Crippen LogP contribution >= 0.6 is 0 Å². The Bertz CT molecular complexity index is 1130. The van der Waals surface area contributed by atoms with E-state index in [1.807, 2.05) is 74.6 Å². The number of carbonyl (C=O) groups is 1. The van der Waals surface area contributed by atoms with Crippen LogP contribution < -0.4 is 5.73 Å². The summed E-state index contributed by atoms with van der Waals surface area (Å²) in [6.45, 7) is 3.77. The van der Waals surface area contributed by atoms with Crippen molar-refractivity contribution in [1.82, 2.24) is 9.55 Å². The lowest BCUT2D eigenvalue weighted by atomic mass is 9.90. The summed E-state index contributed by atoms with van der Waals surface area (Å²) < 4.78 is 7.83. The highest BCUT2D eigenvalue weighted by molar-refractivity contribution is 5.87. The summed E-state index contributed by atoms with van der Waals surface area (Å²) in [4.78, 5) is 16.0. The van der Waals surface area contributed by atoms with E-state index in [0.29, 0.717) is 0 Å². The second kappa shape index (κ2) is 7.43. The van der Waals surface area contributed by atoms with Gasteiger partial charge in [0.2, 0.25) is 0 Å². The number of fused-ring (bicyclic) bond motifs is 1. The Morgan fingerprint density at radius 1 is 1.03 bits per heavy atom. The number of hydrogen-bond donors (Lipinski definition) is 1.